The molecule has 2 heterocycles. The number of piperidine rings is 1. The Morgan fingerprint density at radius 2 is 1.95 bits per heavy atom. The summed E-state index contributed by atoms with van der Waals surface area (Å²) in [6.45, 7) is 4.68. The van der Waals surface area contributed by atoms with Crippen molar-refractivity contribution in [3.63, 3.8) is 0 Å². The molecule has 1 N–H and O–H groups in total. The first-order chi connectivity index (χ1) is 9.33. The molecule has 104 valence electrons. The standard InChI is InChI=1S/C16H25N3/c1-13-6-5-7-15(13)18-14-8-9-16(17-12-14)19-10-3-2-4-11-19/h8-9,12-13,15,18H,2-7,10-11H2,1H3. The average molecular weight is 259 g/mol. The van der Waals surface area contributed by atoms with Crippen molar-refractivity contribution in [2.45, 2.75) is 51.5 Å². The van der Waals surface area contributed by atoms with E-state index < -0.39 is 0 Å². The second-order valence-corrected chi connectivity index (χ2v) is 6.11. The maximum absolute atomic E-state index is 4.63. The number of hydrogen-bond donors (Lipinski definition) is 1. The third-order valence-corrected chi connectivity index (χ3v) is 4.64. The minimum Gasteiger partial charge on any atom is -0.381 e. The fourth-order valence-electron chi connectivity index (χ4n) is 3.36. The van der Waals surface area contributed by atoms with Gasteiger partial charge in [0.2, 0.25) is 0 Å². The first-order valence-corrected chi connectivity index (χ1v) is 7.80. The monoisotopic (exact) mass is 259 g/mol. The van der Waals surface area contributed by atoms with E-state index in [-0.39, 0.29) is 0 Å². The van der Waals surface area contributed by atoms with Gasteiger partial charge in [-0.1, -0.05) is 13.3 Å². The summed E-state index contributed by atoms with van der Waals surface area (Å²) in [7, 11) is 0. The van der Waals surface area contributed by atoms with Gasteiger partial charge in [0.1, 0.15) is 5.82 Å². The van der Waals surface area contributed by atoms with E-state index in [1.165, 1.54) is 57.3 Å². The Labute approximate surface area is 116 Å². The number of anilines is 2. The zero-order valence-corrected chi connectivity index (χ0v) is 11.9. The van der Waals surface area contributed by atoms with Gasteiger partial charge < -0.3 is 10.2 Å². The lowest BCUT2D eigenvalue weighted by atomic mass is 10.1. The predicted octanol–water partition coefficient (Wildman–Crippen LogP) is 3.67. The van der Waals surface area contributed by atoms with Crippen molar-refractivity contribution in [2.24, 2.45) is 5.92 Å². The zero-order chi connectivity index (χ0) is 13.1. The zero-order valence-electron chi connectivity index (χ0n) is 11.9. The summed E-state index contributed by atoms with van der Waals surface area (Å²) in [4.78, 5) is 7.04. The van der Waals surface area contributed by atoms with E-state index in [4.69, 9.17) is 0 Å². The molecule has 1 aromatic heterocycles. The summed E-state index contributed by atoms with van der Waals surface area (Å²) in [6.07, 6.45) is 10.0. The Hall–Kier alpha value is -1.25. The first-order valence-electron chi connectivity index (χ1n) is 7.80. The Bertz CT molecular complexity index is 395. The number of aromatic nitrogens is 1. The summed E-state index contributed by atoms with van der Waals surface area (Å²) in [5, 5.41) is 3.64. The Kier molecular flexibility index (Phi) is 3.90. The van der Waals surface area contributed by atoms with Gasteiger partial charge in [0.15, 0.2) is 0 Å². The van der Waals surface area contributed by atoms with Crippen LogP contribution in [-0.2, 0) is 0 Å². The van der Waals surface area contributed by atoms with Gasteiger partial charge in [-0.05, 0) is 50.2 Å². The molecule has 2 fully saturated rings. The van der Waals surface area contributed by atoms with Gasteiger partial charge in [-0.25, -0.2) is 4.98 Å². The van der Waals surface area contributed by atoms with Crippen LogP contribution in [-0.4, -0.2) is 24.1 Å². The minimum absolute atomic E-state index is 0.641. The van der Waals surface area contributed by atoms with Crippen LogP contribution < -0.4 is 10.2 Å². The van der Waals surface area contributed by atoms with Crippen LogP contribution in [0.4, 0.5) is 11.5 Å². The van der Waals surface area contributed by atoms with Gasteiger partial charge in [-0.15, -0.1) is 0 Å². The summed E-state index contributed by atoms with van der Waals surface area (Å²) < 4.78 is 0. The molecule has 0 bridgehead atoms. The van der Waals surface area contributed by atoms with Crippen LogP contribution in [0.25, 0.3) is 0 Å². The molecule has 1 aliphatic carbocycles. The topological polar surface area (TPSA) is 28.2 Å². The van der Waals surface area contributed by atoms with Gasteiger partial charge in [0.25, 0.3) is 0 Å². The van der Waals surface area contributed by atoms with Gasteiger partial charge >= 0.3 is 0 Å². The summed E-state index contributed by atoms with van der Waals surface area (Å²) >= 11 is 0. The largest absolute Gasteiger partial charge is 0.381 e. The molecule has 0 spiro atoms. The third-order valence-electron chi connectivity index (χ3n) is 4.64. The van der Waals surface area contributed by atoms with Crippen LogP contribution in [0.5, 0.6) is 0 Å². The number of nitrogens with one attached hydrogen (secondary N) is 1. The highest BCUT2D eigenvalue weighted by molar-refractivity contribution is 5.49. The average Bonchev–Trinajstić information content (AvgIpc) is 2.86. The normalized spacial score (nSPS) is 27.5. The third kappa shape index (κ3) is 3.02. The van der Waals surface area contributed by atoms with Crippen molar-refractivity contribution in [3.8, 4) is 0 Å². The molecule has 3 nitrogen and oxygen atoms in total. The van der Waals surface area contributed by atoms with Crippen molar-refractivity contribution in [3.05, 3.63) is 18.3 Å². The highest BCUT2D eigenvalue weighted by Crippen LogP contribution is 2.28. The number of hydrogen-bond acceptors (Lipinski definition) is 3. The van der Waals surface area contributed by atoms with Crippen molar-refractivity contribution in [2.75, 3.05) is 23.3 Å². The Balaban J connectivity index is 1.61. The van der Waals surface area contributed by atoms with Crippen LogP contribution in [0.1, 0.15) is 45.4 Å². The van der Waals surface area contributed by atoms with E-state index >= 15 is 0 Å². The Morgan fingerprint density at radius 3 is 2.58 bits per heavy atom. The molecule has 2 atom stereocenters. The second kappa shape index (κ2) is 5.81. The fourth-order valence-corrected chi connectivity index (χ4v) is 3.36. The predicted molar refractivity (Wildman–Crippen MR) is 80.7 cm³/mol. The van der Waals surface area contributed by atoms with Gasteiger partial charge in [0.05, 0.1) is 11.9 Å². The quantitative estimate of drug-likeness (QED) is 0.897. The lowest BCUT2D eigenvalue weighted by molar-refractivity contribution is 0.556. The van der Waals surface area contributed by atoms with Crippen LogP contribution in [0, 0.1) is 5.92 Å². The smallest absolute Gasteiger partial charge is 0.128 e. The van der Waals surface area contributed by atoms with E-state index in [1.54, 1.807) is 0 Å². The number of pyridine rings is 1. The highest BCUT2D eigenvalue weighted by atomic mass is 15.2. The van der Waals surface area contributed by atoms with Crippen LogP contribution >= 0.6 is 0 Å². The van der Waals surface area contributed by atoms with Crippen LogP contribution in [0.15, 0.2) is 18.3 Å². The van der Waals surface area contributed by atoms with E-state index in [0.29, 0.717) is 6.04 Å². The summed E-state index contributed by atoms with van der Waals surface area (Å²) in [6, 6.07) is 5.01. The second-order valence-electron chi connectivity index (χ2n) is 6.11. The van der Waals surface area contributed by atoms with Gasteiger partial charge in [-0.3, -0.25) is 0 Å². The maximum Gasteiger partial charge on any atom is 0.128 e. The summed E-state index contributed by atoms with van der Waals surface area (Å²) in [5.74, 6) is 1.94. The molecule has 1 aliphatic heterocycles. The molecule has 19 heavy (non-hydrogen) atoms. The molecule has 0 aromatic carbocycles. The molecule has 1 aromatic rings. The van der Waals surface area contributed by atoms with Crippen molar-refractivity contribution in [1.29, 1.82) is 0 Å². The Morgan fingerprint density at radius 1 is 1.11 bits per heavy atom. The van der Waals surface area contributed by atoms with Crippen molar-refractivity contribution >= 4 is 11.5 Å². The molecule has 3 rings (SSSR count). The molecule has 1 saturated carbocycles. The van der Waals surface area contributed by atoms with E-state index in [0.717, 1.165) is 11.7 Å². The number of rotatable bonds is 3. The van der Waals surface area contributed by atoms with Crippen molar-refractivity contribution < 1.29 is 0 Å². The minimum atomic E-state index is 0.641. The molecule has 3 heteroatoms. The van der Waals surface area contributed by atoms with Crippen molar-refractivity contribution in [1.82, 2.24) is 4.98 Å². The first kappa shape index (κ1) is 12.8. The number of nitrogens with zero attached hydrogens (tertiary/aromatic N) is 2. The molecule has 1 saturated heterocycles. The van der Waals surface area contributed by atoms with E-state index in [1.807, 2.05) is 6.20 Å². The lowest BCUT2D eigenvalue weighted by Gasteiger charge is -2.28. The molecule has 0 radical (unpaired) electrons. The molecular weight excluding hydrogens is 234 g/mol. The maximum atomic E-state index is 4.63. The van der Waals surface area contributed by atoms with Crippen LogP contribution in [0.3, 0.4) is 0 Å². The van der Waals surface area contributed by atoms with Gasteiger partial charge in [-0.2, -0.15) is 0 Å². The van der Waals surface area contributed by atoms with E-state index in [2.05, 4.69) is 34.3 Å². The SMILES string of the molecule is CC1CCCC1Nc1ccc(N2CCCCC2)nc1. The molecule has 2 unspecified atom stereocenters. The van der Waals surface area contributed by atoms with Gasteiger partial charge in [0, 0.05) is 19.1 Å². The molecular formula is C16H25N3. The molecule has 2 aliphatic rings. The van der Waals surface area contributed by atoms with Crippen LogP contribution in [0.2, 0.25) is 0 Å². The lowest BCUT2D eigenvalue weighted by Crippen LogP contribution is -2.30. The highest BCUT2D eigenvalue weighted by Gasteiger charge is 2.23. The molecule has 0 amide bonds. The fraction of sp³-hybridized carbons (Fsp3) is 0.688. The summed E-state index contributed by atoms with van der Waals surface area (Å²) in [5.41, 5.74) is 1.18. The van der Waals surface area contributed by atoms with E-state index in [9.17, 15) is 0 Å².